The maximum Gasteiger partial charge on any atom is 0.407 e. The van der Waals surface area contributed by atoms with E-state index in [0.717, 1.165) is 13.2 Å². The Kier molecular flexibility index (Phi) is 10.9. The van der Waals surface area contributed by atoms with Gasteiger partial charge in [-0.25, -0.2) is 14.4 Å². The molecule has 1 amide bonds. The number of allylic oxidation sites excluding steroid dienone is 3. The highest BCUT2D eigenvalue weighted by Gasteiger charge is 2.80. The number of ether oxygens (including phenoxy) is 5. The second kappa shape index (κ2) is 14.0. The zero-order valence-corrected chi connectivity index (χ0v) is 30.9. The Labute approximate surface area is 297 Å². The summed E-state index contributed by atoms with van der Waals surface area (Å²) in [5.74, 6) is -8.01. The molecule has 3 fully saturated rings. The third-order valence-electron chi connectivity index (χ3n) is 11.1. The number of alkyl carbamates (subject to hydrolysis) is 1. The van der Waals surface area contributed by atoms with Crippen LogP contribution in [-0.4, -0.2) is 101 Å². The Bertz CT molecular complexity index is 1540. The van der Waals surface area contributed by atoms with Crippen molar-refractivity contribution in [1.29, 1.82) is 0 Å². The fourth-order valence-electron chi connectivity index (χ4n) is 9.30. The van der Waals surface area contributed by atoms with Crippen LogP contribution in [0.5, 0.6) is 0 Å². The SMILES string of the molecule is COC(=O)[C@@]1(C)[C@@H](O)[C@H](O)C2[C@@]3(CO)[C@@H](C[C@H]4C(C)=C(OC(=O)C[C@H](C)NC(=O)OC(C)(C)C)C(=O)C[C@]24C)OC(=O)[C@H](OC(=O)C=C(C)C)[C@@H]13. The zero-order valence-electron chi connectivity index (χ0n) is 30.9. The largest absolute Gasteiger partial charge is 0.469 e. The number of fused-ring (bicyclic) bond motifs is 2. The lowest BCUT2D eigenvalue weighted by Gasteiger charge is -2.70. The van der Waals surface area contributed by atoms with Crippen molar-refractivity contribution in [3.05, 3.63) is 23.0 Å². The zero-order chi connectivity index (χ0) is 38.6. The van der Waals surface area contributed by atoms with Crippen molar-refractivity contribution in [2.24, 2.45) is 34.0 Å². The molecule has 284 valence electrons. The van der Waals surface area contributed by atoms with E-state index in [1.54, 1.807) is 55.4 Å². The molecule has 0 spiro atoms. The van der Waals surface area contributed by atoms with Gasteiger partial charge in [-0.3, -0.25) is 14.4 Å². The molecule has 4 aliphatic rings. The van der Waals surface area contributed by atoms with E-state index in [-0.39, 0.29) is 25.0 Å². The van der Waals surface area contributed by atoms with Crippen LogP contribution in [0, 0.1) is 34.0 Å². The van der Waals surface area contributed by atoms with Gasteiger partial charge in [0.05, 0.1) is 32.3 Å². The molecule has 4 rings (SSSR count). The summed E-state index contributed by atoms with van der Waals surface area (Å²) in [5, 5.41) is 37.7. The van der Waals surface area contributed by atoms with E-state index in [0.29, 0.717) is 11.1 Å². The molecule has 51 heavy (non-hydrogen) atoms. The fraction of sp³-hybridized carbons (Fsp3) is 0.722. The number of rotatable bonds is 8. The highest BCUT2D eigenvalue weighted by molar-refractivity contribution is 5.98. The Hall–Kier alpha value is -3.82. The van der Waals surface area contributed by atoms with Crippen LogP contribution < -0.4 is 5.32 Å². The molecule has 1 saturated heterocycles. The van der Waals surface area contributed by atoms with E-state index in [2.05, 4.69) is 5.32 Å². The van der Waals surface area contributed by atoms with Gasteiger partial charge in [0, 0.05) is 35.8 Å². The number of Topliss-reactive ketones (excluding diaryl/α,β-unsaturated/α-hetero) is 1. The Morgan fingerprint density at radius 2 is 1.73 bits per heavy atom. The standard InChI is InChI=1S/C36H51NO14/c1-16(2)11-22(40)50-26-28-35(9,31(45)47-10)29(43)24(42)27-34(8)14-20(39)25(49-23(41)12-17(3)37-32(46)51-33(5,6)7)18(4)19(34)13-21(48-30(26)44)36(27,28)15-38/h11,17,19,21,24,26-29,38,42-43H,12-15H2,1-10H3,(H,37,46)/t17-,19-,21+,24+,26+,27?,28-,29-,34-,35+,36+/m0/s1. The number of carbonyl (C=O) groups is 6. The molecule has 11 atom stereocenters. The van der Waals surface area contributed by atoms with Crippen LogP contribution in [0.25, 0.3) is 0 Å². The number of aliphatic hydroxyl groups excluding tert-OH is 3. The second-order valence-electron chi connectivity index (χ2n) is 16.1. The molecule has 1 heterocycles. The normalized spacial score (nSPS) is 36.4. The van der Waals surface area contributed by atoms with Crippen molar-refractivity contribution in [3.63, 3.8) is 0 Å². The third-order valence-corrected chi connectivity index (χ3v) is 11.1. The van der Waals surface area contributed by atoms with Gasteiger partial charge in [0.25, 0.3) is 0 Å². The smallest absolute Gasteiger partial charge is 0.407 e. The van der Waals surface area contributed by atoms with E-state index in [4.69, 9.17) is 23.7 Å². The molecule has 0 aromatic carbocycles. The number of carbonyl (C=O) groups excluding carboxylic acids is 6. The maximum absolute atomic E-state index is 13.9. The van der Waals surface area contributed by atoms with Crippen LogP contribution in [0.4, 0.5) is 4.79 Å². The topological polar surface area (TPSA) is 221 Å². The molecule has 1 aliphatic heterocycles. The molecule has 15 nitrogen and oxygen atoms in total. The minimum absolute atomic E-state index is 0.0404. The van der Waals surface area contributed by atoms with Gasteiger partial charge >= 0.3 is 30.0 Å². The summed E-state index contributed by atoms with van der Waals surface area (Å²) in [6.45, 7) is 13.7. The van der Waals surface area contributed by atoms with E-state index < -0.39 is 112 Å². The van der Waals surface area contributed by atoms with Crippen molar-refractivity contribution >= 4 is 35.8 Å². The van der Waals surface area contributed by atoms with E-state index in [1.807, 2.05) is 0 Å². The van der Waals surface area contributed by atoms with E-state index >= 15 is 0 Å². The summed E-state index contributed by atoms with van der Waals surface area (Å²) in [6.07, 6.45) is -6.98. The van der Waals surface area contributed by atoms with Gasteiger partial charge in [-0.15, -0.1) is 0 Å². The lowest BCUT2D eigenvalue weighted by molar-refractivity contribution is -0.326. The predicted molar refractivity (Wildman–Crippen MR) is 176 cm³/mol. The van der Waals surface area contributed by atoms with Crippen LogP contribution in [0.2, 0.25) is 0 Å². The minimum Gasteiger partial charge on any atom is -0.469 e. The first-order valence-electron chi connectivity index (χ1n) is 17.0. The number of hydrogen-bond acceptors (Lipinski definition) is 14. The van der Waals surface area contributed by atoms with Crippen molar-refractivity contribution in [1.82, 2.24) is 5.32 Å². The highest BCUT2D eigenvalue weighted by Crippen LogP contribution is 2.71. The minimum atomic E-state index is -2.10. The Balaban J connectivity index is 1.78. The molecule has 4 N–H and O–H groups in total. The van der Waals surface area contributed by atoms with Crippen molar-refractivity contribution in [3.8, 4) is 0 Å². The highest BCUT2D eigenvalue weighted by atomic mass is 16.6. The molecule has 2 saturated carbocycles. The third kappa shape index (κ3) is 6.79. The van der Waals surface area contributed by atoms with Crippen molar-refractivity contribution in [2.45, 2.75) is 118 Å². The number of ketones is 1. The van der Waals surface area contributed by atoms with Crippen molar-refractivity contribution in [2.75, 3.05) is 13.7 Å². The predicted octanol–water partition coefficient (Wildman–Crippen LogP) is 2.04. The van der Waals surface area contributed by atoms with Crippen LogP contribution in [0.15, 0.2) is 23.0 Å². The summed E-state index contributed by atoms with van der Waals surface area (Å²) in [4.78, 5) is 79.4. The molecule has 0 aromatic rings. The number of aliphatic hydroxyl groups is 3. The van der Waals surface area contributed by atoms with Crippen LogP contribution in [0.3, 0.4) is 0 Å². The first kappa shape index (κ1) is 40.0. The van der Waals surface area contributed by atoms with E-state index in [1.165, 1.54) is 6.92 Å². The van der Waals surface area contributed by atoms with Gasteiger partial charge in [-0.05, 0) is 78.7 Å². The first-order valence-corrected chi connectivity index (χ1v) is 17.0. The van der Waals surface area contributed by atoms with E-state index in [9.17, 15) is 44.1 Å². The molecular formula is C36H51NO14. The molecule has 0 bridgehead atoms. The summed E-state index contributed by atoms with van der Waals surface area (Å²) < 4.78 is 27.5. The molecule has 3 aliphatic carbocycles. The van der Waals surface area contributed by atoms with Crippen LogP contribution in [-0.2, 0) is 47.7 Å². The van der Waals surface area contributed by atoms with Crippen molar-refractivity contribution < 1.29 is 67.8 Å². The molecular weight excluding hydrogens is 670 g/mol. The summed E-state index contributed by atoms with van der Waals surface area (Å²) in [5.41, 5.74) is -4.99. The number of methoxy groups -OCH3 is 1. The molecule has 0 aromatic heterocycles. The van der Waals surface area contributed by atoms with Gasteiger partial charge < -0.3 is 44.3 Å². The van der Waals surface area contributed by atoms with Gasteiger partial charge in [0.1, 0.15) is 17.1 Å². The quantitative estimate of drug-likeness (QED) is 0.160. The molecule has 1 unspecified atom stereocenters. The van der Waals surface area contributed by atoms with Crippen LogP contribution >= 0.6 is 0 Å². The molecule has 0 radical (unpaired) electrons. The first-order chi connectivity index (χ1) is 23.5. The number of amides is 1. The summed E-state index contributed by atoms with van der Waals surface area (Å²) in [6, 6.07) is -0.711. The van der Waals surface area contributed by atoms with Gasteiger partial charge in [-0.1, -0.05) is 12.5 Å². The fourth-order valence-corrected chi connectivity index (χ4v) is 9.30. The number of hydrogen-bond donors (Lipinski definition) is 4. The average molecular weight is 722 g/mol. The van der Waals surface area contributed by atoms with Gasteiger partial charge in [0.15, 0.2) is 11.5 Å². The number of esters is 4. The van der Waals surface area contributed by atoms with Gasteiger partial charge in [0.2, 0.25) is 6.10 Å². The summed E-state index contributed by atoms with van der Waals surface area (Å²) in [7, 11) is 1.07. The van der Waals surface area contributed by atoms with Crippen LogP contribution in [0.1, 0.15) is 81.6 Å². The Morgan fingerprint density at radius 3 is 2.27 bits per heavy atom. The average Bonchev–Trinajstić information content (AvgIpc) is 2.99. The monoisotopic (exact) mass is 721 g/mol. The number of nitrogens with one attached hydrogen (secondary N) is 1. The molecule has 15 heteroatoms. The second-order valence-corrected chi connectivity index (χ2v) is 16.1. The lowest BCUT2D eigenvalue weighted by Crippen LogP contribution is -2.80. The summed E-state index contributed by atoms with van der Waals surface area (Å²) >= 11 is 0. The lowest BCUT2D eigenvalue weighted by atomic mass is 9.35. The van der Waals surface area contributed by atoms with Gasteiger partial charge in [-0.2, -0.15) is 0 Å². The maximum atomic E-state index is 13.9. The Morgan fingerprint density at radius 1 is 1.10 bits per heavy atom.